The first-order valence-electron chi connectivity index (χ1n) is 6.72. The maximum Gasteiger partial charge on any atom is 0.410 e. The number of hydrogen-bond acceptors (Lipinski definition) is 4. The molecule has 0 fully saturated rings. The number of amides is 1. The van der Waals surface area contributed by atoms with Crippen LogP contribution in [0.2, 0.25) is 0 Å². The molecule has 6 heteroatoms. The van der Waals surface area contributed by atoms with Gasteiger partial charge in [0.05, 0.1) is 13.2 Å². The SMILES string of the molecule is CC(C)(C)OC(=O)N(CCO)Cc1cc(CBr)ccc1O. The number of nitrogens with zero attached hydrogens (tertiary/aromatic N) is 1. The zero-order chi connectivity index (χ0) is 16.0. The number of aliphatic hydroxyl groups is 1. The molecule has 0 unspecified atom stereocenters. The second-order valence-corrected chi connectivity index (χ2v) is 6.28. The number of alkyl halides is 1. The number of rotatable bonds is 5. The average Bonchev–Trinajstić information content (AvgIpc) is 2.38. The lowest BCUT2D eigenvalue weighted by atomic mass is 10.1. The molecule has 0 saturated carbocycles. The van der Waals surface area contributed by atoms with Gasteiger partial charge in [0.1, 0.15) is 11.4 Å². The van der Waals surface area contributed by atoms with Crippen molar-refractivity contribution in [3.63, 3.8) is 0 Å². The zero-order valence-electron chi connectivity index (χ0n) is 12.6. The van der Waals surface area contributed by atoms with Gasteiger partial charge in [-0.2, -0.15) is 0 Å². The molecule has 0 spiro atoms. The van der Waals surface area contributed by atoms with E-state index in [0.717, 1.165) is 5.56 Å². The maximum atomic E-state index is 12.1. The van der Waals surface area contributed by atoms with Crippen LogP contribution in [0.1, 0.15) is 31.9 Å². The largest absolute Gasteiger partial charge is 0.508 e. The number of ether oxygens (including phenoxy) is 1. The summed E-state index contributed by atoms with van der Waals surface area (Å²) in [6.07, 6.45) is -0.514. The first-order valence-corrected chi connectivity index (χ1v) is 7.84. The zero-order valence-corrected chi connectivity index (χ0v) is 14.2. The summed E-state index contributed by atoms with van der Waals surface area (Å²) in [5.41, 5.74) is 1.01. The molecule has 0 heterocycles. The molecule has 0 aromatic heterocycles. The molecule has 0 atom stereocenters. The average molecular weight is 360 g/mol. The Bertz CT molecular complexity index is 485. The smallest absolute Gasteiger partial charge is 0.410 e. The lowest BCUT2D eigenvalue weighted by Crippen LogP contribution is -2.38. The van der Waals surface area contributed by atoms with Crippen molar-refractivity contribution in [3.8, 4) is 5.75 Å². The van der Waals surface area contributed by atoms with Crippen LogP contribution in [-0.4, -0.2) is 40.0 Å². The number of carbonyl (C=O) groups excluding carboxylic acids is 1. The first kappa shape index (κ1) is 17.8. The van der Waals surface area contributed by atoms with Crippen LogP contribution >= 0.6 is 15.9 Å². The molecule has 1 aromatic carbocycles. The minimum absolute atomic E-state index is 0.117. The summed E-state index contributed by atoms with van der Waals surface area (Å²) in [5.74, 6) is 0.117. The van der Waals surface area contributed by atoms with E-state index in [4.69, 9.17) is 9.84 Å². The lowest BCUT2D eigenvalue weighted by Gasteiger charge is -2.27. The van der Waals surface area contributed by atoms with Gasteiger partial charge in [-0.25, -0.2) is 4.79 Å². The minimum atomic E-state index is -0.607. The summed E-state index contributed by atoms with van der Waals surface area (Å²) >= 11 is 3.36. The predicted molar refractivity (Wildman–Crippen MR) is 84.5 cm³/mol. The topological polar surface area (TPSA) is 70.0 Å². The number of hydrogen-bond donors (Lipinski definition) is 2. The standard InChI is InChI=1S/C15H22BrNO4/c1-15(2,3)21-14(20)17(6-7-18)10-12-8-11(9-16)4-5-13(12)19/h4-5,8,18-19H,6-7,9-10H2,1-3H3. The summed E-state index contributed by atoms with van der Waals surface area (Å²) in [5, 5.41) is 19.7. The van der Waals surface area contributed by atoms with E-state index in [1.807, 2.05) is 6.07 Å². The molecule has 1 rings (SSSR count). The highest BCUT2D eigenvalue weighted by atomic mass is 79.9. The fourth-order valence-corrected chi connectivity index (χ4v) is 2.09. The van der Waals surface area contributed by atoms with Gasteiger partial charge in [-0.1, -0.05) is 22.0 Å². The van der Waals surface area contributed by atoms with E-state index in [0.29, 0.717) is 10.9 Å². The van der Waals surface area contributed by atoms with E-state index in [1.54, 1.807) is 32.9 Å². The second-order valence-electron chi connectivity index (χ2n) is 5.72. The van der Waals surface area contributed by atoms with Crippen LogP contribution in [0.15, 0.2) is 18.2 Å². The van der Waals surface area contributed by atoms with Gasteiger partial charge < -0.3 is 19.8 Å². The number of halogens is 1. The molecule has 1 aromatic rings. The highest BCUT2D eigenvalue weighted by Gasteiger charge is 2.22. The van der Waals surface area contributed by atoms with Crippen molar-refractivity contribution in [2.45, 2.75) is 38.2 Å². The number of carbonyl (C=O) groups is 1. The van der Waals surface area contributed by atoms with Gasteiger partial charge in [0.2, 0.25) is 0 Å². The molecule has 0 aliphatic rings. The van der Waals surface area contributed by atoms with Crippen LogP contribution in [0.3, 0.4) is 0 Å². The number of benzene rings is 1. The van der Waals surface area contributed by atoms with Crippen molar-refractivity contribution in [3.05, 3.63) is 29.3 Å². The van der Waals surface area contributed by atoms with Crippen LogP contribution in [0.4, 0.5) is 4.79 Å². The van der Waals surface area contributed by atoms with E-state index >= 15 is 0 Å². The maximum absolute atomic E-state index is 12.1. The van der Waals surface area contributed by atoms with Crippen molar-refractivity contribution in [1.82, 2.24) is 4.90 Å². The summed E-state index contributed by atoms with van der Waals surface area (Å²) in [4.78, 5) is 13.5. The van der Waals surface area contributed by atoms with Gasteiger partial charge in [0.25, 0.3) is 0 Å². The van der Waals surface area contributed by atoms with E-state index < -0.39 is 11.7 Å². The first-order chi connectivity index (χ1) is 9.76. The summed E-state index contributed by atoms with van der Waals surface area (Å²) in [6, 6.07) is 5.22. The van der Waals surface area contributed by atoms with E-state index in [9.17, 15) is 9.90 Å². The predicted octanol–water partition coefficient (Wildman–Crippen LogP) is 3.02. The summed E-state index contributed by atoms with van der Waals surface area (Å²) < 4.78 is 5.31. The van der Waals surface area contributed by atoms with E-state index in [1.165, 1.54) is 4.90 Å². The Morgan fingerprint density at radius 1 is 1.38 bits per heavy atom. The van der Waals surface area contributed by atoms with E-state index in [-0.39, 0.29) is 25.4 Å². The molecule has 5 nitrogen and oxygen atoms in total. The quantitative estimate of drug-likeness (QED) is 0.792. The Morgan fingerprint density at radius 2 is 2.05 bits per heavy atom. The number of aromatic hydroxyl groups is 1. The second kappa shape index (κ2) is 7.66. The Hall–Kier alpha value is -1.27. The Kier molecular flexibility index (Phi) is 6.48. The minimum Gasteiger partial charge on any atom is -0.508 e. The van der Waals surface area contributed by atoms with Crippen LogP contribution < -0.4 is 0 Å². The van der Waals surface area contributed by atoms with Crippen LogP contribution in [0, 0.1) is 0 Å². The van der Waals surface area contributed by atoms with Crippen LogP contribution in [0.5, 0.6) is 5.75 Å². The summed E-state index contributed by atoms with van der Waals surface area (Å²) in [6.45, 7) is 5.51. The fraction of sp³-hybridized carbons (Fsp3) is 0.533. The molecule has 118 valence electrons. The van der Waals surface area contributed by atoms with Crippen molar-refractivity contribution < 1.29 is 19.7 Å². The van der Waals surface area contributed by atoms with Crippen molar-refractivity contribution in [2.75, 3.05) is 13.2 Å². The molecule has 0 aliphatic heterocycles. The number of phenols is 1. The van der Waals surface area contributed by atoms with Crippen molar-refractivity contribution in [2.24, 2.45) is 0 Å². The van der Waals surface area contributed by atoms with Gasteiger partial charge in [0, 0.05) is 17.4 Å². The molecule has 0 aliphatic carbocycles. The Labute approximate surface area is 133 Å². The lowest BCUT2D eigenvalue weighted by molar-refractivity contribution is 0.0200. The number of aliphatic hydroxyl groups excluding tert-OH is 1. The molecule has 0 bridgehead atoms. The van der Waals surface area contributed by atoms with Gasteiger partial charge in [0.15, 0.2) is 0 Å². The van der Waals surface area contributed by atoms with Crippen molar-refractivity contribution in [1.29, 1.82) is 0 Å². The molecule has 0 saturated heterocycles. The Morgan fingerprint density at radius 3 is 2.57 bits per heavy atom. The van der Waals surface area contributed by atoms with Gasteiger partial charge in [-0.15, -0.1) is 0 Å². The highest BCUT2D eigenvalue weighted by molar-refractivity contribution is 9.08. The molecule has 21 heavy (non-hydrogen) atoms. The molecular weight excluding hydrogens is 338 g/mol. The van der Waals surface area contributed by atoms with Gasteiger partial charge >= 0.3 is 6.09 Å². The van der Waals surface area contributed by atoms with Crippen molar-refractivity contribution >= 4 is 22.0 Å². The van der Waals surface area contributed by atoms with Gasteiger partial charge in [-0.3, -0.25) is 0 Å². The third-order valence-electron chi connectivity index (χ3n) is 2.68. The molecule has 0 radical (unpaired) electrons. The molecular formula is C15H22BrNO4. The number of phenolic OH excluding ortho intramolecular Hbond substituents is 1. The van der Waals surface area contributed by atoms with Crippen LogP contribution in [0.25, 0.3) is 0 Å². The summed E-state index contributed by atoms with van der Waals surface area (Å²) in [7, 11) is 0. The third-order valence-corrected chi connectivity index (χ3v) is 3.33. The fourth-order valence-electron chi connectivity index (χ4n) is 1.74. The Balaban J connectivity index is 2.90. The third kappa shape index (κ3) is 5.93. The highest BCUT2D eigenvalue weighted by Crippen LogP contribution is 2.22. The molecule has 1 amide bonds. The van der Waals surface area contributed by atoms with E-state index in [2.05, 4.69) is 15.9 Å². The monoisotopic (exact) mass is 359 g/mol. The normalized spacial score (nSPS) is 11.3. The molecule has 2 N–H and O–H groups in total. The van der Waals surface area contributed by atoms with Gasteiger partial charge in [-0.05, 0) is 38.5 Å². The van der Waals surface area contributed by atoms with Crippen LogP contribution in [-0.2, 0) is 16.6 Å².